The van der Waals surface area contributed by atoms with Crippen molar-refractivity contribution in [3.05, 3.63) is 35.1 Å². The van der Waals surface area contributed by atoms with Gasteiger partial charge in [-0.3, -0.25) is 4.90 Å². The Labute approximate surface area is 114 Å². The summed E-state index contributed by atoms with van der Waals surface area (Å²) in [6.07, 6.45) is 2.51. The molecule has 1 aromatic rings. The van der Waals surface area contributed by atoms with Gasteiger partial charge in [0, 0.05) is 37.4 Å². The first-order valence-electron chi connectivity index (χ1n) is 7.05. The summed E-state index contributed by atoms with van der Waals surface area (Å²) >= 11 is 0. The van der Waals surface area contributed by atoms with Gasteiger partial charge < -0.3 is 10.5 Å². The Bertz CT molecular complexity index is 409. The quantitative estimate of drug-likeness (QED) is 0.888. The van der Waals surface area contributed by atoms with E-state index in [0.29, 0.717) is 18.2 Å². The Morgan fingerprint density at radius 1 is 1.42 bits per heavy atom. The summed E-state index contributed by atoms with van der Waals surface area (Å²) in [4.78, 5) is 2.27. The van der Waals surface area contributed by atoms with Crippen molar-refractivity contribution in [2.45, 2.75) is 39.0 Å². The minimum Gasteiger partial charge on any atom is -0.377 e. The molecular weight excluding hydrogens is 243 g/mol. The molecule has 1 aliphatic rings. The molecule has 0 bridgehead atoms. The van der Waals surface area contributed by atoms with Crippen LogP contribution >= 0.6 is 0 Å². The monoisotopic (exact) mass is 266 g/mol. The van der Waals surface area contributed by atoms with Crippen LogP contribution in [0.2, 0.25) is 0 Å². The molecule has 1 atom stereocenters. The van der Waals surface area contributed by atoms with Crippen LogP contribution in [0, 0.1) is 5.82 Å². The van der Waals surface area contributed by atoms with Gasteiger partial charge in [-0.1, -0.05) is 18.2 Å². The van der Waals surface area contributed by atoms with E-state index >= 15 is 0 Å². The molecule has 2 N–H and O–H groups in total. The van der Waals surface area contributed by atoms with Crippen LogP contribution in [0.1, 0.15) is 30.9 Å². The smallest absolute Gasteiger partial charge is 0.132 e. The summed E-state index contributed by atoms with van der Waals surface area (Å²) < 4.78 is 19.8. The summed E-state index contributed by atoms with van der Waals surface area (Å²) in [5.74, 6) is -0.150. The standard InChI is InChI=1S/C15H23FN2O/c1-2-19-14-7-4-8-18(11-14)10-13-6-3-5-12(9-17)15(13)16/h3,5-6,14H,2,4,7-11,17H2,1H3. The van der Waals surface area contributed by atoms with Crippen LogP contribution in [-0.2, 0) is 17.8 Å². The van der Waals surface area contributed by atoms with Gasteiger partial charge in [0.05, 0.1) is 6.10 Å². The first kappa shape index (κ1) is 14.4. The van der Waals surface area contributed by atoms with Crippen LogP contribution in [-0.4, -0.2) is 30.7 Å². The van der Waals surface area contributed by atoms with Gasteiger partial charge in [0.2, 0.25) is 0 Å². The lowest BCUT2D eigenvalue weighted by Gasteiger charge is -2.32. The van der Waals surface area contributed by atoms with E-state index in [1.165, 1.54) is 0 Å². The second-order valence-corrected chi connectivity index (χ2v) is 5.05. The molecule has 0 saturated carbocycles. The highest BCUT2D eigenvalue weighted by molar-refractivity contribution is 5.25. The molecule has 19 heavy (non-hydrogen) atoms. The maximum absolute atomic E-state index is 14.1. The second kappa shape index (κ2) is 6.98. The highest BCUT2D eigenvalue weighted by atomic mass is 19.1. The summed E-state index contributed by atoms with van der Waals surface area (Å²) in [5, 5.41) is 0. The summed E-state index contributed by atoms with van der Waals surface area (Å²) in [6, 6.07) is 5.47. The lowest BCUT2D eigenvalue weighted by Crippen LogP contribution is -2.39. The number of piperidine rings is 1. The number of nitrogens with zero attached hydrogens (tertiary/aromatic N) is 1. The zero-order valence-corrected chi connectivity index (χ0v) is 11.6. The maximum atomic E-state index is 14.1. The zero-order chi connectivity index (χ0) is 13.7. The molecule has 1 heterocycles. The van der Waals surface area contributed by atoms with E-state index in [-0.39, 0.29) is 12.4 Å². The Kier molecular flexibility index (Phi) is 5.31. The van der Waals surface area contributed by atoms with E-state index < -0.39 is 0 Å². The minimum atomic E-state index is -0.150. The van der Waals surface area contributed by atoms with Crippen molar-refractivity contribution in [2.24, 2.45) is 5.73 Å². The molecule has 106 valence electrons. The molecule has 2 rings (SSSR count). The van der Waals surface area contributed by atoms with Crippen molar-refractivity contribution in [3.8, 4) is 0 Å². The van der Waals surface area contributed by atoms with Crippen LogP contribution in [0.25, 0.3) is 0 Å². The Morgan fingerprint density at radius 3 is 2.95 bits per heavy atom. The third-order valence-corrected chi connectivity index (χ3v) is 3.64. The zero-order valence-electron chi connectivity index (χ0n) is 11.6. The molecule has 1 aliphatic heterocycles. The average Bonchev–Trinajstić information content (AvgIpc) is 2.42. The summed E-state index contributed by atoms with van der Waals surface area (Å²) in [5.41, 5.74) is 6.87. The SMILES string of the molecule is CCOC1CCCN(Cc2cccc(CN)c2F)C1. The lowest BCUT2D eigenvalue weighted by molar-refractivity contribution is 0.00336. The molecule has 1 fully saturated rings. The molecule has 0 aliphatic carbocycles. The molecule has 0 amide bonds. The number of hydrogen-bond donors (Lipinski definition) is 1. The highest BCUT2D eigenvalue weighted by Crippen LogP contribution is 2.19. The number of hydrogen-bond acceptors (Lipinski definition) is 3. The predicted octanol–water partition coefficient (Wildman–Crippen LogP) is 2.29. The largest absolute Gasteiger partial charge is 0.377 e. The van der Waals surface area contributed by atoms with E-state index in [2.05, 4.69) is 4.90 Å². The molecule has 0 radical (unpaired) electrons. The van der Waals surface area contributed by atoms with Gasteiger partial charge in [-0.25, -0.2) is 4.39 Å². The number of rotatable bonds is 5. The molecule has 1 saturated heterocycles. The number of nitrogens with two attached hydrogens (primary N) is 1. The van der Waals surface area contributed by atoms with Gasteiger partial charge in [0.15, 0.2) is 0 Å². The fourth-order valence-electron chi connectivity index (χ4n) is 2.68. The van der Waals surface area contributed by atoms with Crippen molar-refractivity contribution >= 4 is 0 Å². The first-order valence-corrected chi connectivity index (χ1v) is 7.05. The minimum absolute atomic E-state index is 0.150. The normalized spacial score (nSPS) is 20.7. The topological polar surface area (TPSA) is 38.5 Å². The van der Waals surface area contributed by atoms with E-state index in [4.69, 9.17) is 10.5 Å². The molecule has 1 unspecified atom stereocenters. The van der Waals surface area contributed by atoms with Crippen molar-refractivity contribution in [2.75, 3.05) is 19.7 Å². The lowest BCUT2D eigenvalue weighted by atomic mass is 10.1. The van der Waals surface area contributed by atoms with Crippen LogP contribution in [0.15, 0.2) is 18.2 Å². The van der Waals surface area contributed by atoms with Crippen LogP contribution in [0.4, 0.5) is 4.39 Å². The van der Waals surface area contributed by atoms with Gasteiger partial charge in [-0.15, -0.1) is 0 Å². The van der Waals surface area contributed by atoms with Gasteiger partial charge in [-0.2, -0.15) is 0 Å². The van der Waals surface area contributed by atoms with Crippen molar-refractivity contribution < 1.29 is 9.13 Å². The maximum Gasteiger partial charge on any atom is 0.132 e. The Balaban J connectivity index is 2.00. The molecule has 0 aromatic heterocycles. The van der Waals surface area contributed by atoms with Gasteiger partial charge >= 0.3 is 0 Å². The van der Waals surface area contributed by atoms with Crippen molar-refractivity contribution in [1.82, 2.24) is 4.90 Å². The number of likely N-dealkylation sites (tertiary alicyclic amines) is 1. The summed E-state index contributed by atoms with van der Waals surface area (Å²) in [6.45, 7) is 5.55. The van der Waals surface area contributed by atoms with Crippen LogP contribution in [0.5, 0.6) is 0 Å². The third kappa shape index (κ3) is 3.75. The molecular formula is C15H23FN2O. The van der Waals surface area contributed by atoms with Crippen LogP contribution < -0.4 is 5.73 Å². The Morgan fingerprint density at radius 2 is 2.21 bits per heavy atom. The molecule has 0 spiro atoms. The fraction of sp³-hybridized carbons (Fsp3) is 0.600. The van der Waals surface area contributed by atoms with E-state index in [1.54, 1.807) is 6.07 Å². The number of benzene rings is 1. The third-order valence-electron chi connectivity index (χ3n) is 3.64. The first-order chi connectivity index (χ1) is 9.24. The van der Waals surface area contributed by atoms with E-state index in [9.17, 15) is 4.39 Å². The molecule has 1 aromatic carbocycles. The second-order valence-electron chi connectivity index (χ2n) is 5.05. The van der Waals surface area contributed by atoms with Gasteiger partial charge in [0.25, 0.3) is 0 Å². The van der Waals surface area contributed by atoms with Gasteiger partial charge in [0.1, 0.15) is 5.82 Å². The van der Waals surface area contributed by atoms with Gasteiger partial charge in [-0.05, 0) is 26.3 Å². The van der Waals surface area contributed by atoms with E-state index in [0.717, 1.165) is 38.1 Å². The number of halogens is 1. The van der Waals surface area contributed by atoms with Crippen molar-refractivity contribution in [3.63, 3.8) is 0 Å². The predicted molar refractivity (Wildman–Crippen MR) is 74.2 cm³/mol. The Hall–Kier alpha value is -0.970. The molecule has 4 heteroatoms. The summed E-state index contributed by atoms with van der Waals surface area (Å²) in [7, 11) is 0. The number of ether oxygens (including phenoxy) is 1. The van der Waals surface area contributed by atoms with E-state index in [1.807, 2.05) is 19.1 Å². The van der Waals surface area contributed by atoms with Crippen LogP contribution in [0.3, 0.4) is 0 Å². The molecule has 3 nitrogen and oxygen atoms in total. The highest BCUT2D eigenvalue weighted by Gasteiger charge is 2.21. The fourth-order valence-corrected chi connectivity index (χ4v) is 2.68. The average molecular weight is 266 g/mol. The van der Waals surface area contributed by atoms with Crippen molar-refractivity contribution in [1.29, 1.82) is 0 Å².